The molecule has 204 valence electrons. The van der Waals surface area contributed by atoms with Crippen LogP contribution in [0.5, 0.6) is 5.75 Å². The fourth-order valence-corrected chi connectivity index (χ4v) is 6.47. The van der Waals surface area contributed by atoms with E-state index in [1.165, 1.54) is 11.8 Å². The normalized spacial score (nSPS) is 17.4. The van der Waals surface area contributed by atoms with Gasteiger partial charge in [0.1, 0.15) is 20.7 Å². The number of ether oxygens (including phenoxy) is 1. The molecule has 40 heavy (non-hydrogen) atoms. The van der Waals surface area contributed by atoms with Crippen LogP contribution in [0.25, 0.3) is 0 Å². The highest BCUT2D eigenvalue weighted by atomic mass is 32.2. The Balaban J connectivity index is 1.38. The molecule has 0 unspecified atom stereocenters. The predicted molar refractivity (Wildman–Crippen MR) is 167 cm³/mol. The molecule has 0 saturated carbocycles. The van der Waals surface area contributed by atoms with Gasteiger partial charge in [-0.3, -0.25) is 19.4 Å². The van der Waals surface area contributed by atoms with Gasteiger partial charge in [0.25, 0.3) is 11.8 Å². The second-order valence-corrected chi connectivity index (χ2v) is 11.5. The maximum atomic E-state index is 13.8. The molecule has 2 saturated heterocycles. The molecule has 2 aliphatic rings. The van der Waals surface area contributed by atoms with Gasteiger partial charge in [0, 0.05) is 19.6 Å². The van der Waals surface area contributed by atoms with Crippen molar-refractivity contribution in [2.24, 2.45) is 0 Å². The molecule has 6 nitrogen and oxygen atoms in total. The van der Waals surface area contributed by atoms with E-state index < -0.39 is 0 Å². The van der Waals surface area contributed by atoms with E-state index in [1.807, 2.05) is 89.8 Å². The zero-order valence-corrected chi connectivity index (χ0v) is 24.6. The number of amides is 2. The summed E-state index contributed by atoms with van der Waals surface area (Å²) in [7, 11) is 1.63. The van der Waals surface area contributed by atoms with Crippen molar-refractivity contribution in [2.75, 3.05) is 26.7 Å². The lowest BCUT2D eigenvalue weighted by atomic mass is 10.1. The van der Waals surface area contributed by atoms with Crippen LogP contribution in [0.4, 0.5) is 0 Å². The van der Waals surface area contributed by atoms with Gasteiger partial charge in [-0.25, -0.2) is 0 Å². The SMILES string of the molecule is COc1ccc(CCN2C(=O)/C(=C3/C(=O)N(CCc4ccccc4)C(=S)N3CCc3ccccc3)SC2=S)cc1. The summed E-state index contributed by atoms with van der Waals surface area (Å²) in [6.45, 7) is 1.35. The first kappa shape index (κ1) is 28.0. The maximum Gasteiger partial charge on any atom is 0.278 e. The first-order chi connectivity index (χ1) is 19.5. The highest BCUT2D eigenvalue weighted by Crippen LogP contribution is 2.38. The molecular weight excluding hydrogens is 559 g/mol. The standard InChI is InChI=1S/C31H29N3O3S3/c1-37-25-14-12-24(13-15-25)18-21-34-29(36)27(40-31(34)39)26-28(35)33(20-17-23-10-6-3-7-11-23)30(38)32(26)19-16-22-8-4-2-5-9-22/h2-15H,16-21H2,1H3/b27-26+. The van der Waals surface area contributed by atoms with Gasteiger partial charge in [-0.05, 0) is 60.3 Å². The van der Waals surface area contributed by atoms with Crippen molar-refractivity contribution in [2.45, 2.75) is 19.3 Å². The van der Waals surface area contributed by atoms with Gasteiger partial charge < -0.3 is 9.64 Å². The fraction of sp³-hybridized carbons (Fsp3) is 0.226. The van der Waals surface area contributed by atoms with Gasteiger partial charge in [0.15, 0.2) is 5.11 Å². The number of methoxy groups -OCH3 is 1. The van der Waals surface area contributed by atoms with Gasteiger partial charge in [-0.15, -0.1) is 0 Å². The Morgan fingerprint density at radius 2 is 1.15 bits per heavy atom. The van der Waals surface area contributed by atoms with Gasteiger partial charge in [-0.2, -0.15) is 0 Å². The number of hydrogen-bond acceptors (Lipinski definition) is 6. The van der Waals surface area contributed by atoms with E-state index in [0.717, 1.165) is 22.4 Å². The molecule has 2 aliphatic heterocycles. The topological polar surface area (TPSA) is 53.1 Å². The van der Waals surface area contributed by atoms with Crippen LogP contribution in [0.1, 0.15) is 16.7 Å². The monoisotopic (exact) mass is 587 g/mol. The van der Waals surface area contributed by atoms with Gasteiger partial charge >= 0.3 is 0 Å². The molecule has 3 aromatic rings. The number of benzene rings is 3. The molecule has 9 heteroatoms. The van der Waals surface area contributed by atoms with Crippen LogP contribution in [-0.4, -0.2) is 62.7 Å². The van der Waals surface area contributed by atoms with Crippen molar-refractivity contribution in [3.8, 4) is 5.75 Å². The fourth-order valence-electron chi connectivity index (χ4n) is 4.73. The molecular formula is C31H29N3O3S3. The largest absolute Gasteiger partial charge is 0.497 e. The Kier molecular flexibility index (Phi) is 8.94. The van der Waals surface area contributed by atoms with Crippen molar-refractivity contribution in [1.82, 2.24) is 14.7 Å². The molecule has 0 aromatic heterocycles. The molecule has 0 bridgehead atoms. The number of rotatable bonds is 10. The average molecular weight is 588 g/mol. The Hall–Kier alpha value is -3.53. The quantitative estimate of drug-likeness (QED) is 0.238. The lowest BCUT2D eigenvalue weighted by Gasteiger charge is -2.21. The van der Waals surface area contributed by atoms with E-state index >= 15 is 0 Å². The molecule has 0 spiro atoms. The third-order valence-corrected chi connectivity index (χ3v) is 8.84. The molecule has 0 N–H and O–H groups in total. The molecule has 2 heterocycles. The van der Waals surface area contributed by atoms with Crippen LogP contribution in [0.2, 0.25) is 0 Å². The molecule has 0 aliphatic carbocycles. The highest BCUT2D eigenvalue weighted by Gasteiger charge is 2.45. The molecule has 3 aromatic carbocycles. The number of thiocarbonyl (C=S) groups is 2. The van der Waals surface area contributed by atoms with Crippen molar-refractivity contribution in [3.63, 3.8) is 0 Å². The van der Waals surface area contributed by atoms with Gasteiger partial charge in [-0.1, -0.05) is 96.8 Å². The van der Waals surface area contributed by atoms with E-state index in [9.17, 15) is 9.59 Å². The third kappa shape index (κ3) is 6.11. The summed E-state index contributed by atoms with van der Waals surface area (Å²) in [6.07, 6.45) is 1.98. The number of carbonyl (C=O) groups excluding carboxylic acids is 2. The lowest BCUT2D eigenvalue weighted by Crippen LogP contribution is -2.35. The third-order valence-electron chi connectivity index (χ3n) is 6.96. The van der Waals surface area contributed by atoms with E-state index in [1.54, 1.807) is 16.9 Å². The van der Waals surface area contributed by atoms with E-state index in [4.69, 9.17) is 29.2 Å². The molecule has 5 rings (SSSR count). The van der Waals surface area contributed by atoms with Gasteiger partial charge in [0.05, 0.1) is 7.11 Å². The molecule has 0 radical (unpaired) electrons. The van der Waals surface area contributed by atoms with E-state index in [-0.39, 0.29) is 11.8 Å². The Labute approximate surface area is 249 Å². The second-order valence-electron chi connectivity index (χ2n) is 9.46. The molecule has 0 atom stereocenters. The van der Waals surface area contributed by atoms with Gasteiger partial charge in [0.2, 0.25) is 0 Å². The number of nitrogens with zero attached hydrogens (tertiary/aromatic N) is 3. The summed E-state index contributed by atoms with van der Waals surface area (Å²) < 4.78 is 5.68. The van der Waals surface area contributed by atoms with Crippen LogP contribution in [0, 0.1) is 0 Å². The zero-order chi connectivity index (χ0) is 28.1. The van der Waals surface area contributed by atoms with Crippen LogP contribution >= 0.6 is 36.2 Å². The minimum absolute atomic E-state index is 0.246. The lowest BCUT2D eigenvalue weighted by molar-refractivity contribution is -0.125. The first-order valence-corrected chi connectivity index (χ1v) is 14.7. The Morgan fingerprint density at radius 3 is 1.70 bits per heavy atom. The van der Waals surface area contributed by atoms with Crippen molar-refractivity contribution in [3.05, 3.63) is 112 Å². The van der Waals surface area contributed by atoms with Crippen molar-refractivity contribution >= 4 is 57.4 Å². The Morgan fingerprint density at radius 1 is 0.650 bits per heavy atom. The average Bonchev–Trinajstić information content (AvgIpc) is 3.40. The van der Waals surface area contributed by atoms with Crippen LogP contribution in [0.15, 0.2) is 95.5 Å². The number of carbonyl (C=O) groups is 2. The maximum absolute atomic E-state index is 13.8. The predicted octanol–water partition coefficient (Wildman–Crippen LogP) is 5.22. The highest BCUT2D eigenvalue weighted by molar-refractivity contribution is 8.26. The molecule has 2 amide bonds. The summed E-state index contributed by atoms with van der Waals surface area (Å²) in [5.74, 6) is 0.288. The zero-order valence-electron chi connectivity index (χ0n) is 22.1. The molecule has 2 fully saturated rings. The number of thioether (sulfide) groups is 1. The van der Waals surface area contributed by atoms with Crippen LogP contribution < -0.4 is 4.74 Å². The summed E-state index contributed by atoms with van der Waals surface area (Å²) in [6, 6.07) is 27.8. The summed E-state index contributed by atoms with van der Waals surface area (Å²) in [5.41, 5.74) is 3.65. The van der Waals surface area contributed by atoms with E-state index in [0.29, 0.717) is 58.9 Å². The summed E-state index contributed by atoms with van der Waals surface area (Å²) in [4.78, 5) is 32.9. The van der Waals surface area contributed by atoms with E-state index in [2.05, 4.69) is 0 Å². The number of hydrogen-bond donors (Lipinski definition) is 0. The minimum atomic E-state index is -0.246. The summed E-state index contributed by atoms with van der Waals surface area (Å²) in [5, 5.41) is 0.426. The second kappa shape index (κ2) is 12.8. The minimum Gasteiger partial charge on any atom is -0.497 e. The summed E-state index contributed by atoms with van der Waals surface area (Å²) >= 11 is 12.6. The smallest absolute Gasteiger partial charge is 0.278 e. The van der Waals surface area contributed by atoms with Crippen LogP contribution in [-0.2, 0) is 28.9 Å². The van der Waals surface area contributed by atoms with Crippen LogP contribution in [0.3, 0.4) is 0 Å². The van der Waals surface area contributed by atoms with Crippen molar-refractivity contribution < 1.29 is 14.3 Å². The van der Waals surface area contributed by atoms with Crippen molar-refractivity contribution in [1.29, 1.82) is 0 Å². The first-order valence-electron chi connectivity index (χ1n) is 13.1. The Bertz CT molecular complexity index is 1440.